The van der Waals surface area contributed by atoms with Crippen LogP contribution in [-0.2, 0) is 0 Å². The molecule has 1 aliphatic rings. The van der Waals surface area contributed by atoms with Crippen LogP contribution in [-0.4, -0.2) is 5.71 Å². The monoisotopic (exact) mass is 255 g/mol. The average molecular weight is 255 g/mol. The molecule has 0 amide bonds. The van der Waals surface area contributed by atoms with Crippen LogP contribution in [0.25, 0.3) is 5.57 Å². The molecule has 0 bridgehead atoms. The second kappa shape index (κ2) is 6.70. The third kappa shape index (κ3) is 4.05. The van der Waals surface area contributed by atoms with Crippen molar-refractivity contribution in [3.8, 4) is 0 Å². The Kier molecular flexibility index (Phi) is 4.95. The number of allylic oxidation sites excluding steroid dienone is 2. The van der Waals surface area contributed by atoms with Crippen LogP contribution in [0, 0.1) is 12.3 Å². The fourth-order valence-electron chi connectivity index (χ4n) is 2.48. The second-order valence-corrected chi connectivity index (χ2v) is 5.63. The summed E-state index contributed by atoms with van der Waals surface area (Å²) in [4.78, 5) is 0. The highest BCUT2D eigenvalue weighted by atomic mass is 14.4. The first kappa shape index (κ1) is 14.0. The summed E-state index contributed by atoms with van der Waals surface area (Å²) >= 11 is 0. The van der Waals surface area contributed by atoms with Gasteiger partial charge in [-0.25, -0.2) is 0 Å². The van der Waals surface area contributed by atoms with Gasteiger partial charge in [-0.2, -0.15) is 0 Å². The lowest BCUT2D eigenvalue weighted by molar-refractivity contribution is 0.683. The normalized spacial score (nSPS) is 13.5. The van der Waals surface area contributed by atoms with Gasteiger partial charge < -0.3 is 5.41 Å². The van der Waals surface area contributed by atoms with Gasteiger partial charge in [-0.3, -0.25) is 0 Å². The summed E-state index contributed by atoms with van der Waals surface area (Å²) < 4.78 is 0. The highest BCUT2D eigenvalue weighted by Gasteiger charge is 2.21. The number of benzene rings is 1. The van der Waals surface area contributed by atoms with Crippen molar-refractivity contribution in [1.29, 1.82) is 5.41 Å². The minimum absolute atomic E-state index is 0.854. The van der Waals surface area contributed by atoms with E-state index >= 15 is 0 Å². The van der Waals surface area contributed by atoms with Crippen molar-refractivity contribution in [2.75, 3.05) is 0 Å². The molecule has 2 rings (SSSR count). The van der Waals surface area contributed by atoms with E-state index in [1.807, 2.05) is 0 Å². The molecule has 0 atom stereocenters. The molecule has 0 heterocycles. The Bertz CT molecular complexity index is 459. The highest BCUT2D eigenvalue weighted by molar-refractivity contribution is 6.23. The number of hydrogen-bond acceptors (Lipinski definition) is 1. The van der Waals surface area contributed by atoms with Crippen LogP contribution in [0.3, 0.4) is 0 Å². The molecule has 1 saturated carbocycles. The fourth-order valence-corrected chi connectivity index (χ4v) is 2.48. The first-order chi connectivity index (χ1) is 9.22. The van der Waals surface area contributed by atoms with Gasteiger partial charge in [-0.05, 0) is 38.2 Å². The van der Waals surface area contributed by atoms with Gasteiger partial charge in [0.15, 0.2) is 0 Å². The van der Waals surface area contributed by atoms with Gasteiger partial charge in [0.1, 0.15) is 0 Å². The van der Waals surface area contributed by atoms with E-state index in [0.717, 1.165) is 18.6 Å². The molecule has 1 nitrogen and oxygen atoms in total. The number of unbranched alkanes of at least 4 members (excludes halogenated alkanes) is 3. The maximum absolute atomic E-state index is 8.39. The topological polar surface area (TPSA) is 23.9 Å². The number of hydrogen-bond donors (Lipinski definition) is 1. The summed E-state index contributed by atoms with van der Waals surface area (Å²) in [6.07, 6.45) is 8.31. The summed E-state index contributed by atoms with van der Waals surface area (Å²) in [6.45, 7) is 4.35. The lowest BCUT2D eigenvalue weighted by Gasteiger charge is -2.10. The first-order valence-electron chi connectivity index (χ1n) is 7.59. The molecule has 1 heteroatoms. The maximum atomic E-state index is 8.39. The van der Waals surface area contributed by atoms with Crippen LogP contribution in [0.2, 0.25) is 0 Å². The SMILES string of the molecule is CCCCCCC(=N)C(=C1CC1)c1ccc(C)cc1. The van der Waals surface area contributed by atoms with Crippen LogP contribution in [0.1, 0.15) is 63.0 Å². The van der Waals surface area contributed by atoms with E-state index in [9.17, 15) is 0 Å². The summed E-state index contributed by atoms with van der Waals surface area (Å²) in [7, 11) is 0. The van der Waals surface area contributed by atoms with Gasteiger partial charge in [0.25, 0.3) is 0 Å². The summed E-state index contributed by atoms with van der Waals surface area (Å²) in [5.41, 5.74) is 6.13. The molecule has 0 aliphatic heterocycles. The molecule has 1 aliphatic carbocycles. The maximum Gasteiger partial charge on any atom is 0.0391 e. The zero-order valence-electron chi connectivity index (χ0n) is 12.3. The van der Waals surface area contributed by atoms with E-state index in [2.05, 4.69) is 38.1 Å². The summed E-state index contributed by atoms with van der Waals surface area (Å²) in [5.74, 6) is 0. The van der Waals surface area contributed by atoms with Crippen molar-refractivity contribution in [2.24, 2.45) is 0 Å². The Labute approximate surface area is 117 Å². The molecule has 0 saturated heterocycles. The van der Waals surface area contributed by atoms with Crippen LogP contribution in [0.5, 0.6) is 0 Å². The molecular weight excluding hydrogens is 230 g/mol. The number of aryl methyl sites for hydroxylation is 1. The Morgan fingerprint density at radius 3 is 2.32 bits per heavy atom. The zero-order chi connectivity index (χ0) is 13.7. The quantitative estimate of drug-likeness (QED) is 0.489. The molecule has 102 valence electrons. The highest BCUT2D eigenvalue weighted by Crippen LogP contribution is 2.37. The molecule has 0 aromatic heterocycles. The third-order valence-corrected chi connectivity index (χ3v) is 3.78. The van der Waals surface area contributed by atoms with Crippen molar-refractivity contribution in [3.63, 3.8) is 0 Å². The second-order valence-electron chi connectivity index (χ2n) is 5.63. The van der Waals surface area contributed by atoms with E-state index in [0.29, 0.717) is 0 Å². The minimum Gasteiger partial charge on any atom is -0.305 e. The number of rotatable bonds is 7. The van der Waals surface area contributed by atoms with Crippen LogP contribution >= 0.6 is 0 Å². The predicted molar refractivity (Wildman–Crippen MR) is 83.8 cm³/mol. The molecule has 0 spiro atoms. The van der Waals surface area contributed by atoms with Crippen molar-refractivity contribution < 1.29 is 0 Å². The van der Waals surface area contributed by atoms with E-state index in [1.165, 1.54) is 54.4 Å². The molecular formula is C18H25N. The van der Waals surface area contributed by atoms with Gasteiger partial charge in [-0.15, -0.1) is 0 Å². The third-order valence-electron chi connectivity index (χ3n) is 3.78. The Balaban J connectivity index is 2.03. The standard InChI is InChI=1S/C18H25N/c1-3-4-5-6-7-17(19)18(16-12-13-16)15-10-8-14(2)9-11-15/h8-11,19H,3-7,12-13H2,1-2H3. The van der Waals surface area contributed by atoms with E-state index in [4.69, 9.17) is 5.41 Å². The van der Waals surface area contributed by atoms with Crippen LogP contribution in [0.4, 0.5) is 0 Å². The van der Waals surface area contributed by atoms with Gasteiger partial charge >= 0.3 is 0 Å². The summed E-state index contributed by atoms with van der Waals surface area (Å²) in [6, 6.07) is 8.67. The lowest BCUT2D eigenvalue weighted by atomic mass is 9.95. The smallest absolute Gasteiger partial charge is 0.0391 e. The van der Waals surface area contributed by atoms with E-state index in [1.54, 1.807) is 0 Å². The summed E-state index contributed by atoms with van der Waals surface area (Å²) in [5, 5.41) is 8.39. The Hall–Kier alpha value is -1.37. The van der Waals surface area contributed by atoms with E-state index in [-0.39, 0.29) is 0 Å². The van der Waals surface area contributed by atoms with Crippen LogP contribution in [0.15, 0.2) is 29.8 Å². The van der Waals surface area contributed by atoms with Crippen molar-refractivity contribution in [2.45, 2.75) is 58.8 Å². The lowest BCUT2D eigenvalue weighted by Crippen LogP contribution is -2.01. The van der Waals surface area contributed by atoms with Gasteiger partial charge in [-0.1, -0.05) is 61.6 Å². The average Bonchev–Trinajstić information content (AvgIpc) is 3.22. The van der Waals surface area contributed by atoms with Crippen molar-refractivity contribution in [1.82, 2.24) is 0 Å². The van der Waals surface area contributed by atoms with Crippen molar-refractivity contribution >= 4 is 11.3 Å². The molecule has 19 heavy (non-hydrogen) atoms. The molecule has 1 fully saturated rings. The largest absolute Gasteiger partial charge is 0.305 e. The molecule has 0 radical (unpaired) electrons. The molecule has 1 N–H and O–H groups in total. The van der Waals surface area contributed by atoms with Crippen LogP contribution < -0.4 is 0 Å². The predicted octanol–water partition coefficient (Wildman–Crippen LogP) is 5.53. The van der Waals surface area contributed by atoms with Gasteiger partial charge in [0.2, 0.25) is 0 Å². The first-order valence-corrected chi connectivity index (χ1v) is 7.59. The molecule has 0 unspecified atom stereocenters. The Morgan fingerprint density at radius 1 is 1.05 bits per heavy atom. The zero-order valence-corrected chi connectivity index (χ0v) is 12.3. The molecule has 1 aromatic carbocycles. The van der Waals surface area contributed by atoms with E-state index < -0.39 is 0 Å². The molecule has 1 aromatic rings. The minimum atomic E-state index is 0.854. The van der Waals surface area contributed by atoms with Gasteiger partial charge in [0, 0.05) is 11.3 Å². The van der Waals surface area contributed by atoms with Gasteiger partial charge in [0.05, 0.1) is 0 Å². The number of nitrogens with one attached hydrogen (secondary N) is 1. The fraction of sp³-hybridized carbons (Fsp3) is 0.500. The van der Waals surface area contributed by atoms with Crippen molar-refractivity contribution in [3.05, 3.63) is 41.0 Å². The Morgan fingerprint density at radius 2 is 1.74 bits per heavy atom.